The minimum atomic E-state index is -2.96. The van der Waals surface area contributed by atoms with Gasteiger partial charge in [-0.15, -0.1) is 0 Å². The number of hydrogen-bond donors (Lipinski definition) is 1. The molecule has 1 aliphatic carbocycles. The number of hydrogen-bond acceptors (Lipinski definition) is 3. The van der Waals surface area contributed by atoms with Gasteiger partial charge in [-0.25, -0.2) is 8.42 Å². The van der Waals surface area contributed by atoms with Crippen LogP contribution in [0.1, 0.15) is 48.9 Å². The summed E-state index contributed by atoms with van der Waals surface area (Å²) in [6.45, 7) is 6.32. The zero-order valence-electron chi connectivity index (χ0n) is 12.8. The van der Waals surface area contributed by atoms with Crippen LogP contribution in [0.5, 0.6) is 0 Å². The van der Waals surface area contributed by atoms with Crippen molar-refractivity contribution in [2.45, 2.75) is 57.4 Å². The van der Waals surface area contributed by atoms with Crippen LogP contribution >= 0.6 is 0 Å². The molecule has 1 aromatic carbocycles. The Hall–Kier alpha value is -0.870. The first-order valence-electron chi connectivity index (χ1n) is 7.31. The van der Waals surface area contributed by atoms with E-state index in [2.05, 4.69) is 44.3 Å². The van der Waals surface area contributed by atoms with Gasteiger partial charge < -0.3 is 5.32 Å². The summed E-state index contributed by atoms with van der Waals surface area (Å²) in [5.74, 6) is 0. The minimum absolute atomic E-state index is 0.0833. The second-order valence-electron chi connectivity index (χ2n) is 6.15. The van der Waals surface area contributed by atoms with Crippen LogP contribution in [0.4, 0.5) is 0 Å². The van der Waals surface area contributed by atoms with Gasteiger partial charge in [-0.1, -0.05) is 30.2 Å². The summed E-state index contributed by atoms with van der Waals surface area (Å²) < 4.78 is 23.7. The molecule has 1 N–H and O–H groups in total. The Morgan fingerprint density at radius 2 is 1.95 bits per heavy atom. The average molecular weight is 295 g/mol. The number of sulfone groups is 1. The minimum Gasteiger partial charge on any atom is -0.306 e. The second-order valence-corrected chi connectivity index (χ2v) is 8.42. The quantitative estimate of drug-likeness (QED) is 0.929. The molecule has 0 amide bonds. The van der Waals surface area contributed by atoms with E-state index in [-0.39, 0.29) is 17.3 Å². The standard InChI is InChI=1S/C16H25NO2S/c1-11-8-9-12(2)14(10-11)13(3)17-15-6-5-7-16(15)20(4,18)19/h8-10,13,15-17H,5-7H2,1-4H3. The zero-order chi connectivity index (χ0) is 14.9. The second kappa shape index (κ2) is 5.86. The summed E-state index contributed by atoms with van der Waals surface area (Å²) in [5.41, 5.74) is 3.76. The Bertz CT molecular complexity index is 580. The van der Waals surface area contributed by atoms with E-state index in [9.17, 15) is 8.42 Å². The van der Waals surface area contributed by atoms with Crippen LogP contribution in [-0.4, -0.2) is 26.0 Å². The van der Waals surface area contributed by atoms with Crippen molar-refractivity contribution >= 4 is 9.84 Å². The molecule has 20 heavy (non-hydrogen) atoms. The van der Waals surface area contributed by atoms with E-state index in [4.69, 9.17) is 0 Å². The molecule has 0 saturated heterocycles. The van der Waals surface area contributed by atoms with E-state index in [1.54, 1.807) is 0 Å². The van der Waals surface area contributed by atoms with E-state index in [0.29, 0.717) is 0 Å². The maximum Gasteiger partial charge on any atom is 0.151 e. The van der Waals surface area contributed by atoms with Gasteiger partial charge in [0.2, 0.25) is 0 Å². The Labute approximate surface area is 122 Å². The average Bonchev–Trinajstić information content (AvgIpc) is 2.80. The first kappa shape index (κ1) is 15.5. The molecule has 3 nitrogen and oxygen atoms in total. The molecule has 0 spiro atoms. The number of rotatable bonds is 4. The van der Waals surface area contributed by atoms with Crippen LogP contribution in [0.2, 0.25) is 0 Å². The van der Waals surface area contributed by atoms with Crippen LogP contribution in [0, 0.1) is 13.8 Å². The molecule has 1 saturated carbocycles. The summed E-state index contributed by atoms with van der Waals surface area (Å²) in [6, 6.07) is 6.70. The van der Waals surface area contributed by atoms with Gasteiger partial charge in [-0.2, -0.15) is 0 Å². The van der Waals surface area contributed by atoms with Crippen molar-refractivity contribution in [3.05, 3.63) is 34.9 Å². The number of benzene rings is 1. The van der Waals surface area contributed by atoms with Crippen molar-refractivity contribution in [1.29, 1.82) is 0 Å². The van der Waals surface area contributed by atoms with E-state index >= 15 is 0 Å². The number of nitrogens with one attached hydrogen (secondary N) is 1. The molecule has 4 heteroatoms. The van der Waals surface area contributed by atoms with Crippen molar-refractivity contribution in [3.8, 4) is 0 Å². The molecule has 1 aromatic rings. The lowest BCUT2D eigenvalue weighted by atomic mass is 9.99. The molecule has 0 aliphatic heterocycles. The van der Waals surface area contributed by atoms with Crippen molar-refractivity contribution < 1.29 is 8.42 Å². The van der Waals surface area contributed by atoms with Crippen LogP contribution in [0.15, 0.2) is 18.2 Å². The maximum absolute atomic E-state index is 11.8. The molecule has 3 unspecified atom stereocenters. The third kappa shape index (κ3) is 3.41. The van der Waals surface area contributed by atoms with Gasteiger partial charge in [-0.05, 0) is 44.7 Å². The Balaban J connectivity index is 2.15. The Morgan fingerprint density at radius 1 is 1.25 bits per heavy atom. The normalized spacial score (nSPS) is 24.8. The molecular weight excluding hydrogens is 270 g/mol. The van der Waals surface area contributed by atoms with Crippen molar-refractivity contribution in [3.63, 3.8) is 0 Å². The monoisotopic (exact) mass is 295 g/mol. The maximum atomic E-state index is 11.8. The molecule has 1 fully saturated rings. The predicted molar refractivity (Wildman–Crippen MR) is 83.7 cm³/mol. The van der Waals surface area contributed by atoms with Crippen LogP contribution in [0.25, 0.3) is 0 Å². The first-order chi connectivity index (χ1) is 9.29. The van der Waals surface area contributed by atoms with Crippen LogP contribution in [-0.2, 0) is 9.84 Å². The summed E-state index contributed by atoms with van der Waals surface area (Å²) >= 11 is 0. The van der Waals surface area contributed by atoms with Gasteiger partial charge in [0.25, 0.3) is 0 Å². The Kier molecular flexibility index (Phi) is 4.55. The molecule has 0 aromatic heterocycles. The fraction of sp³-hybridized carbons (Fsp3) is 0.625. The van der Waals surface area contributed by atoms with Gasteiger partial charge in [0, 0.05) is 18.3 Å². The largest absolute Gasteiger partial charge is 0.306 e. The van der Waals surface area contributed by atoms with Crippen molar-refractivity contribution in [2.75, 3.05) is 6.26 Å². The zero-order valence-corrected chi connectivity index (χ0v) is 13.6. The van der Waals surface area contributed by atoms with Crippen LogP contribution in [0.3, 0.4) is 0 Å². The Morgan fingerprint density at radius 3 is 2.60 bits per heavy atom. The third-order valence-electron chi connectivity index (χ3n) is 4.37. The molecular formula is C16H25NO2S. The highest BCUT2D eigenvalue weighted by molar-refractivity contribution is 7.91. The molecule has 3 atom stereocenters. The van der Waals surface area contributed by atoms with E-state index < -0.39 is 9.84 Å². The smallest absolute Gasteiger partial charge is 0.151 e. The van der Waals surface area contributed by atoms with E-state index in [1.807, 2.05) is 0 Å². The van der Waals surface area contributed by atoms with Gasteiger partial charge in [0.1, 0.15) is 0 Å². The summed E-state index contributed by atoms with van der Waals surface area (Å²) in [4.78, 5) is 0. The number of aryl methyl sites for hydroxylation is 2. The van der Waals surface area contributed by atoms with Gasteiger partial charge in [0.05, 0.1) is 5.25 Å². The highest BCUT2D eigenvalue weighted by atomic mass is 32.2. The van der Waals surface area contributed by atoms with Gasteiger partial charge >= 0.3 is 0 Å². The van der Waals surface area contributed by atoms with Crippen molar-refractivity contribution in [1.82, 2.24) is 5.32 Å². The first-order valence-corrected chi connectivity index (χ1v) is 9.26. The highest BCUT2D eigenvalue weighted by Gasteiger charge is 2.35. The molecule has 0 radical (unpaired) electrons. The summed E-state index contributed by atoms with van der Waals surface area (Å²) in [7, 11) is -2.96. The summed E-state index contributed by atoms with van der Waals surface area (Å²) in [5, 5.41) is 3.31. The van der Waals surface area contributed by atoms with Gasteiger partial charge in [0.15, 0.2) is 9.84 Å². The van der Waals surface area contributed by atoms with E-state index in [0.717, 1.165) is 19.3 Å². The topological polar surface area (TPSA) is 46.2 Å². The molecule has 1 aliphatic rings. The molecule has 0 bridgehead atoms. The lowest BCUT2D eigenvalue weighted by Gasteiger charge is -2.25. The molecule has 0 heterocycles. The predicted octanol–water partition coefficient (Wildman–Crippen LogP) is 2.92. The van der Waals surface area contributed by atoms with E-state index in [1.165, 1.54) is 22.9 Å². The fourth-order valence-electron chi connectivity index (χ4n) is 3.27. The van der Waals surface area contributed by atoms with Crippen LogP contribution < -0.4 is 5.32 Å². The molecule has 112 valence electrons. The lowest BCUT2D eigenvalue weighted by molar-refractivity contribution is 0.454. The lowest BCUT2D eigenvalue weighted by Crippen LogP contribution is -2.41. The van der Waals surface area contributed by atoms with Crippen molar-refractivity contribution in [2.24, 2.45) is 0 Å². The summed E-state index contributed by atoms with van der Waals surface area (Å²) in [6.07, 6.45) is 4.10. The fourth-order valence-corrected chi connectivity index (χ4v) is 4.67. The third-order valence-corrected chi connectivity index (χ3v) is 6.03. The SMILES string of the molecule is Cc1ccc(C)c(C(C)NC2CCCC2S(C)(=O)=O)c1. The highest BCUT2D eigenvalue weighted by Crippen LogP contribution is 2.28. The van der Waals surface area contributed by atoms with Gasteiger partial charge in [-0.3, -0.25) is 0 Å². The molecule has 2 rings (SSSR count).